The molecule has 2 aromatic carbocycles. The maximum Gasteiger partial charge on any atom is 0.324 e. The van der Waals surface area contributed by atoms with Crippen molar-refractivity contribution in [3.05, 3.63) is 77.6 Å². The van der Waals surface area contributed by atoms with Gasteiger partial charge in [0.25, 0.3) is 11.8 Å². The fourth-order valence-corrected chi connectivity index (χ4v) is 12.0. The van der Waals surface area contributed by atoms with E-state index in [4.69, 9.17) is 19.2 Å². The third-order valence-electron chi connectivity index (χ3n) is 15.9. The standard InChI is InChI=1S/C58H74N8O8/c1-9-64-49-21-17-40-31-45(49)46(53(64)44-15-11-24-59-51(44)37(4)72-8)32-58(5,6)35-74-57(71)47-16-12-25-66(61-47)56(70)48(30-38-13-10-14-39(40)29-38)60-54(68)52(36(2)3)62(7)55(69)41-23-26-63(33-41)50(67)22-20-42-18-19-43-34-73-28-27-65(42)43/h10-11,13-15,17,21,24,29,31,36-37,41-43,47-48,52,61H,9,12,16,18-19,23,25-28,30,32-35H2,1-8H3,(H,60,68)/t37-,41-,42-,43+,47-,48-,52?/m0/s1. The molecule has 0 spiro atoms. The summed E-state index contributed by atoms with van der Waals surface area (Å²) in [5.74, 6) is 3.40. The number of hydrazine groups is 1. The normalized spacial score (nSPS) is 24.1. The number of hydrogen-bond acceptors (Lipinski definition) is 11. The van der Waals surface area contributed by atoms with Gasteiger partial charge in [-0.1, -0.05) is 63.9 Å². The zero-order chi connectivity index (χ0) is 52.4. The maximum atomic E-state index is 14.9. The van der Waals surface area contributed by atoms with Gasteiger partial charge < -0.3 is 33.9 Å². The van der Waals surface area contributed by atoms with Crippen LogP contribution in [0.3, 0.4) is 0 Å². The van der Waals surface area contributed by atoms with Gasteiger partial charge in [-0.25, -0.2) is 5.43 Å². The van der Waals surface area contributed by atoms with Crippen molar-refractivity contribution in [2.24, 2.45) is 17.3 Å². The number of aromatic nitrogens is 2. The molecular weight excluding hydrogens is 937 g/mol. The molecule has 1 unspecified atom stereocenters. The Kier molecular flexibility index (Phi) is 15.9. The lowest BCUT2D eigenvalue weighted by molar-refractivity contribution is -0.155. The van der Waals surface area contributed by atoms with E-state index in [-0.39, 0.29) is 49.5 Å². The first-order chi connectivity index (χ1) is 35.5. The van der Waals surface area contributed by atoms with Crippen LogP contribution < -0.4 is 10.7 Å². The molecule has 9 rings (SSSR count). The van der Waals surface area contributed by atoms with E-state index in [1.165, 1.54) is 9.91 Å². The van der Waals surface area contributed by atoms with E-state index in [1.54, 1.807) is 25.3 Å². The number of nitrogens with zero attached hydrogens (tertiary/aromatic N) is 6. The van der Waals surface area contributed by atoms with Crippen LogP contribution in [0.5, 0.6) is 0 Å². The summed E-state index contributed by atoms with van der Waals surface area (Å²) in [6.45, 7) is 16.1. The first-order valence-electron chi connectivity index (χ1n) is 26.7. The molecule has 7 heterocycles. The zero-order valence-electron chi connectivity index (χ0n) is 44.4. The van der Waals surface area contributed by atoms with E-state index < -0.39 is 47.2 Å². The van der Waals surface area contributed by atoms with Gasteiger partial charge in [-0.05, 0) is 111 Å². The maximum absolute atomic E-state index is 14.9. The third kappa shape index (κ3) is 11.0. The van der Waals surface area contributed by atoms with Crippen LogP contribution in [0.25, 0.3) is 33.3 Å². The van der Waals surface area contributed by atoms with Gasteiger partial charge in [0.1, 0.15) is 18.1 Å². The third-order valence-corrected chi connectivity index (χ3v) is 15.9. The predicted molar refractivity (Wildman–Crippen MR) is 282 cm³/mol. The van der Waals surface area contributed by atoms with Crippen LogP contribution in [0.1, 0.15) is 96.6 Å². The molecule has 4 amide bonds. The minimum Gasteiger partial charge on any atom is -0.464 e. The van der Waals surface area contributed by atoms with Crippen LogP contribution in [0.2, 0.25) is 0 Å². The number of nitrogens with one attached hydrogen (secondary N) is 2. The Bertz CT molecular complexity index is 2830. The van der Waals surface area contributed by atoms with Gasteiger partial charge >= 0.3 is 5.97 Å². The summed E-state index contributed by atoms with van der Waals surface area (Å²) in [4.78, 5) is 81.6. The SMILES string of the molecule is CCn1c(-c2cccnc2[C@H](C)OC)c2c3cc(ccc31)-c1cccc(c1)C[C@H](NC(=O)C(C(C)C)N(C)C(=O)[C@H]1CCN(C(=O)C#C[C@@H]3CC[C@@H]4COCCN43)C1)C(=O)N1CCC[C@H](N1)C(=O)OCC(C)(C)C2. The number of ether oxygens (including phenoxy) is 3. The largest absolute Gasteiger partial charge is 0.464 e. The Morgan fingerprint density at radius 3 is 2.59 bits per heavy atom. The minimum absolute atomic E-state index is 0.0231. The summed E-state index contributed by atoms with van der Waals surface area (Å²) >= 11 is 0. The lowest BCUT2D eigenvalue weighted by Gasteiger charge is -2.37. The van der Waals surface area contributed by atoms with Crippen molar-refractivity contribution in [1.29, 1.82) is 0 Å². The van der Waals surface area contributed by atoms with Crippen molar-refractivity contribution < 1.29 is 38.2 Å². The number of cyclic esters (lactones) is 1. The van der Waals surface area contributed by atoms with Crippen molar-refractivity contribution in [1.82, 2.24) is 40.0 Å². The van der Waals surface area contributed by atoms with Crippen LogP contribution in [0.4, 0.5) is 0 Å². The molecule has 4 saturated heterocycles. The number of aryl methyl sites for hydroxylation is 1. The van der Waals surface area contributed by atoms with Crippen molar-refractivity contribution in [3.8, 4) is 34.2 Å². The van der Waals surface area contributed by atoms with E-state index in [2.05, 4.69) is 89.2 Å². The van der Waals surface area contributed by atoms with Gasteiger partial charge in [-0.3, -0.25) is 38.9 Å². The van der Waals surface area contributed by atoms with Crippen LogP contribution in [0.15, 0.2) is 60.8 Å². The number of methoxy groups -OCH3 is 1. The second-order valence-corrected chi connectivity index (χ2v) is 22.0. The molecule has 5 aliphatic rings. The van der Waals surface area contributed by atoms with Gasteiger partial charge in [0.05, 0.1) is 49.3 Å². The fraction of sp³-hybridized carbons (Fsp3) is 0.552. The summed E-state index contributed by atoms with van der Waals surface area (Å²) in [5, 5.41) is 5.62. The van der Waals surface area contributed by atoms with Crippen LogP contribution in [0, 0.1) is 29.1 Å². The zero-order valence-corrected chi connectivity index (χ0v) is 44.4. The van der Waals surface area contributed by atoms with Crippen molar-refractivity contribution in [3.63, 3.8) is 0 Å². The van der Waals surface area contributed by atoms with Crippen LogP contribution in [-0.2, 0) is 57.6 Å². The van der Waals surface area contributed by atoms with Gasteiger partial charge in [0, 0.05) is 87.4 Å². The number of amides is 4. The highest BCUT2D eigenvalue weighted by Crippen LogP contribution is 2.42. The second kappa shape index (κ2) is 22.4. The molecule has 0 radical (unpaired) electrons. The molecule has 0 aliphatic carbocycles. The quantitative estimate of drug-likeness (QED) is 0.150. The number of hydrogen-bond donors (Lipinski definition) is 2. The van der Waals surface area contributed by atoms with Gasteiger partial charge in [-0.15, -0.1) is 0 Å². The molecule has 16 nitrogen and oxygen atoms in total. The van der Waals surface area contributed by atoms with Gasteiger partial charge in [0.15, 0.2) is 0 Å². The van der Waals surface area contributed by atoms with E-state index in [0.717, 1.165) is 69.5 Å². The lowest BCUT2D eigenvalue weighted by Crippen LogP contribution is -2.62. The van der Waals surface area contributed by atoms with Crippen molar-refractivity contribution in [2.75, 3.05) is 60.2 Å². The summed E-state index contributed by atoms with van der Waals surface area (Å²) in [5.41, 5.74) is 10.5. The molecule has 4 fully saturated rings. The highest BCUT2D eigenvalue weighted by molar-refractivity contribution is 5.97. The summed E-state index contributed by atoms with van der Waals surface area (Å²) in [6.07, 6.45) is 5.63. The number of carbonyl (C=O) groups excluding carboxylic acids is 5. The number of carbonyl (C=O) groups is 5. The number of esters is 1. The van der Waals surface area contributed by atoms with E-state index in [1.807, 2.05) is 39.0 Å². The smallest absolute Gasteiger partial charge is 0.324 e. The van der Waals surface area contributed by atoms with Crippen molar-refractivity contribution >= 4 is 40.5 Å². The Labute approximate surface area is 435 Å². The van der Waals surface area contributed by atoms with Crippen molar-refractivity contribution in [2.45, 2.75) is 129 Å². The molecule has 0 saturated carbocycles. The number of likely N-dealkylation sites (tertiary alicyclic amines) is 1. The molecule has 2 aromatic heterocycles. The van der Waals surface area contributed by atoms with Crippen LogP contribution in [-0.4, -0.2) is 149 Å². The molecule has 6 bridgehead atoms. The molecule has 7 atom stereocenters. The highest BCUT2D eigenvalue weighted by atomic mass is 16.5. The molecule has 5 aliphatic heterocycles. The lowest BCUT2D eigenvalue weighted by atomic mass is 9.84. The topological polar surface area (TPSA) is 168 Å². The number of benzene rings is 2. The van der Waals surface area contributed by atoms with E-state index >= 15 is 0 Å². The fourth-order valence-electron chi connectivity index (χ4n) is 12.0. The Balaban J connectivity index is 1.00. The molecule has 4 aromatic rings. The Morgan fingerprint density at radius 1 is 1.00 bits per heavy atom. The predicted octanol–water partition coefficient (Wildman–Crippen LogP) is 5.94. The summed E-state index contributed by atoms with van der Waals surface area (Å²) in [6, 6.07) is 16.2. The Morgan fingerprint density at radius 2 is 1.81 bits per heavy atom. The minimum atomic E-state index is -1.06. The first-order valence-corrected chi connectivity index (χ1v) is 26.7. The second-order valence-electron chi connectivity index (χ2n) is 22.0. The monoisotopic (exact) mass is 1010 g/mol. The number of pyridine rings is 1. The molecule has 2 N–H and O–H groups in total. The molecule has 74 heavy (non-hydrogen) atoms. The molecular formula is C58H74N8O8. The van der Waals surface area contributed by atoms with E-state index in [0.29, 0.717) is 64.6 Å². The molecule has 16 heteroatoms. The number of fused-ring (bicyclic) bond motifs is 7. The number of rotatable bonds is 9. The van der Waals surface area contributed by atoms with Crippen LogP contribution >= 0.6 is 0 Å². The first kappa shape index (κ1) is 52.7. The summed E-state index contributed by atoms with van der Waals surface area (Å²) in [7, 11) is 3.32. The molecule has 394 valence electrons. The summed E-state index contributed by atoms with van der Waals surface area (Å²) < 4.78 is 20.0. The van der Waals surface area contributed by atoms with E-state index in [9.17, 15) is 24.0 Å². The Hall–Kier alpha value is -6.12. The number of morpholine rings is 1. The highest BCUT2D eigenvalue weighted by Gasteiger charge is 2.41. The average molecular weight is 1010 g/mol. The number of likely N-dealkylation sites (N-methyl/N-ethyl adjacent to an activating group) is 1. The van der Waals surface area contributed by atoms with Gasteiger partial charge in [-0.2, -0.15) is 0 Å². The van der Waals surface area contributed by atoms with Gasteiger partial charge in [0.2, 0.25) is 11.8 Å². The average Bonchev–Trinajstić information content (AvgIpc) is 4.15.